The number of benzene rings is 1. The smallest absolute Gasteiger partial charge is 0.286 e. The zero-order valence-corrected chi connectivity index (χ0v) is 15.9. The standard InChI is InChI=1S/C19H22N4O3S/c1-23(18-20-9-4-10-21-18)11-2-3-12-26-15-7-5-14(6-8-15)13-16-17(24)22-19(25)27-16/h4-10,16H,2-3,11-13H2,1H3,(H,22,24,25). The Bertz CT molecular complexity index is 770. The quantitative estimate of drug-likeness (QED) is 0.663. The van der Waals surface area contributed by atoms with Gasteiger partial charge in [-0.25, -0.2) is 9.97 Å². The molecule has 1 aliphatic heterocycles. The fraction of sp³-hybridized carbons (Fsp3) is 0.368. The van der Waals surface area contributed by atoms with E-state index in [1.54, 1.807) is 18.5 Å². The molecule has 1 fully saturated rings. The van der Waals surface area contributed by atoms with Crippen LogP contribution in [0.15, 0.2) is 42.7 Å². The maximum absolute atomic E-state index is 11.6. The number of carbonyl (C=O) groups excluding carboxylic acids is 2. The van der Waals surface area contributed by atoms with Crippen LogP contribution in [0.2, 0.25) is 0 Å². The molecular formula is C19H22N4O3S. The van der Waals surface area contributed by atoms with E-state index in [0.29, 0.717) is 13.0 Å². The van der Waals surface area contributed by atoms with E-state index in [1.165, 1.54) is 0 Å². The summed E-state index contributed by atoms with van der Waals surface area (Å²) in [5, 5.41) is 1.70. The summed E-state index contributed by atoms with van der Waals surface area (Å²) in [6.45, 7) is 1.50. The predicted molar refractivity (Wildman–Crippen MR) is 105 cm³/mol. The molecule has 1 unspecified atom stereocenters. The fourth-order valence-corrected chi connectivity index (χ4v) is 3.55. The molecule has 1 atom stereocenters. The number of nitrogens with zero attached hydrogens (tertiary/aromatic N) is 3. The molecule has 0 bridgehead atoms. The Kier molecular flexibility index (Phi) is 6.64. The van der Waals surface area contributed by atoms with Gasteiger partial charge in [-0.2, -0.15) is 0 Å². The number of carbonyl (C=O) groups is 2. The first-order valence-electron chi connectivity index (χ1n) is 8.83. The van der Waals surface area contributed by atoms with Gasteiger partial charge in [-0.1, -0.05) is 23.9 Å². The van der Waals surface area contributed by atoms with Crippen molar-refractivity contribution in [2.75, 3.05) is 25.1 Å². The molecule has 142 valence electrons. The molecule has 0 spiro atoms. The summed E-state index contributed by atoms with van der Waals surface area (Å²) < 4.78 is 5.77. The lowest BCUT2D eigenvalue weighted by atomic mass is 10.1. The highest BCUT2D eigenvalue weighted by atomic mass is 32.2. The van der Waals surface area contributed by atoms with E-state index in [-0.39, 0.29) is 16.4 Å². The van der Waals surface area contributed by atoms with Crippen LogP contribution in [-0.2, 0) is 11.2 Å². The number of thioether (sulfide) groups is 1. The topological polar surface area (TPSA) is 84.4 Å². The molecule has 0 radical (unpaired) electrons. The largest absolute Gasteiger partial charge is 0.494 e. The third kappa shape index (κ3) is 5.68. The van der Waals surface area contributed by atoms with E-state index in [0.717, 1.165) is 48.4 Å². The van der Waals surface area contributed by atoms with Crippen LogP contribution in [-0.4, -0.2) is 46.6 Å². The van der Waals surface area contributed by atoms with Crippen molar-refractivity contribution in [3.63, 3.8) is 0 Å². The van der Waals surface area contributed by atoms with Crippen LogP contribution in [0.5, 0.6) is 5.75 Å². The minimum atomic E-state index is -0.338. The second kappa shape index (κ2) is 9.36. The highest BCUT2D eigenvalue weighted by molar-refractivity contribution is 8.15. The summed E-state index contributed by atoms with van der Waals surface area (Å²) in [5.74, 6) is 1.32. The minimum absolute atomic E-state index is 0.212. The lowest BCUT2D eigenvalue weighted by molar-refractivity contribution is -0.118. The molecule has 2 aromatic rings. The zero-order chi connectivity index (χ0) is 19.1. The van der Waals surface area contributed by atoms with Crippen LogP contribution in [0.4, 0.5) is 10.7 Å². The maximum atomic E-state index is 11.6. The van der Waals surface area contributed by atoms with Gasteiger partial charge in [0.25, 0.3) is 5.24 Å². The van der Waals surface area contributed by atoms with Crippen molar-refractivity contribution in [3.8, 4) is 5.75 Å². The van der Waals surface area contributed by atoms with E-state index in [2.05, 4.69) is 15.3 Å². The van der Waals surface area contributed by atoms with Gasteiger partial charge in [-0.15, -0.1) is 0 Å². The second-order valence-corrected chi connectivity index (χ2v) is 7.43. The first-order chi connectivity index (χ1) is 13.1. The van der Waals surface area contributed by atoms with Crippen molar-refractivity contribution >= 4 is 28.9 Å². The van der Waals surface area contributed by atoms with Gasteiger partial charge in [-0.3, -0.25) is 14.9 Å². The van der Waals surface area contributed by atoms with Gasteiger partial charge in [0.15, 0.2) is 0 Å². The normalized spacial score (nSPS) is 16.3. The number of imide groups is 1. The Labute approximate surface area is 162 Å². The summed E-state index contributed by atoms with van der Waals surface area (Å²) in [6.07, 6.45) is 5.92. The van der Waals surface area contributed by atoms with Gasteiger partial charge >= 0.3 is 0 Å². The lowest BCUT2D eigenvalue weighted by Gasteiger charge is -2.16. The third-order valence-corrected chi connectivity index (χ3v) is 5.14. The summed E-state index contributed by atoms with van der Waals surface area (Å²) in [6, 6.07) is 9.48. The van der Waals surface area contributed by atoms with Crippen molar-refractivity contribution in [2.45, 2.75) is 24.5 Å². The lowest BCUT2D eigenvalue weighted by Crippen LogP contribution is -2.25. The average Bonchev–Trinajstić information content (AvgIpc) is 3.00. The molecule has 27 heavy (non-hydrogen) atoms. The summed E-state index contributed by atoms with van der Waals surface area (Å²) in [4.78, 5) is 33.3. The minimum Gasteiger partial charge on any atom is -0.494 e. The number of hydrogen-bond donors (Lipinski definition) is 1. The zero-order valence-electron chi connectivity index (χ0n) is 15.1. The van der Waals surface area contributed by atoms with Crippen LogP contribution in [0.25, 0.3) is 0 Å². The number of aromatic nitrogens is 2. The van der Waals surface area contributed by atoms with Crippen LogP contribution in [0.3, 0.4) is 0 Å². The maximum Gasteiger partial charge on any atom is 0.286 e. The predicted octanol–water partition coefficient (Wildman–Crippen LogP) is 2.67. The number of ether oxygens (including phenoxy) is 1. The molecule has 3 rings (SSSR count). The van der Waals surface area contributed by atoms with E-state index < -0.39 is 0 Å². The highest BCUT2D eigenvalue weighted by Crippen LogP contribution is 2.23. The fourth-order valence-electron chi connectivity index (χ4n) is 2.69. The van der Waals surface area contributed by atoms with E-state index in [9.17, 15) is 9.59 Å². The van der Waals surface area contributed by atoms with Crippen LogP contribution < -0.4 is 15.0 Å². The molecule has 7 nitrogen and oxygen atoms in total. The number of unbranched alkanes of at least 4 members (excludes halogenated alkanes) is 1. The first-order valence-corrected chi connectivity index (χ1v) is 9.71. The van der Waals surface area contributed by atoms with Gasteiger partial charge in [0.1, 0.15) is 5.75 Å². The Morgan fingerprint density at radius 2 is 1.89 bits per heavy atom. The molecule has 1 saturated heterocycles. The van der Waals surface area contributed by atoms with Crippen LogP contribution >= 0.6 is 11.8 Å². The number of anilines is 1. The van der Waals surface area contributed by atoms with Gasteiger partial charge < -0.3 is 9.64 Å². The van der Waals surface area contributed by atoms with E-state index in [4.69, 9.17) is 4.74 Å². The molecule has 8 heteroatoms. The molecule has 1 aromatic carbocycles. The molecule has 0 aliphatic carbocycles. The Hall–Kier alpha value is -2.61. The highest BCUT2D eigenvalue weighted by Gasteiger charge is 2.31. The number of hydrogen-bond acceptors (Lipinski definition) is 7. The van der Waals surface area contributed by atoms with Crippen molar-refractivity contribution in [2.24, 2.45) is 0 Å². The van der Waals surface area contributed by atoms with Crippen molar-refractivity contribution in [1.82, 2.24) is 15.3 Å². The Balaban J connectivity index is 1.35. The first kappa shape index (κ1) is 19.2. The summed E-state index contributed by atoms with van der Waals surface area (Å²) in [5.41, 5.74) is 1.01. The van der Waals surface area contributed by atoms with Crippen molar-refractivity contribution < 1.29 is 14.3 Å². The van der Waals surface area contributed by atoms with Gasteiger partial charge in [0.2, 0.25) is 11.9 Å². The number of nitrogens with one attached hydrogen (secondary N) is 1. The third-order valence-electron chi connectivity index (χ3n) is 4.16. The van der Waals surface area contributed by atoms with Gasteiger partial charge in [0.05, 0.1) is 11.9 Å². The second-order valence-electron chi connectivity index (χ2n) is 6.26. The number of amides is 2. The van der Waals surface area contributed by atoms with Gasteiger partial charge in [0, 0.05) is 26.0 Å². The molecule has 2 amide bonds. The summed E-state index contributed by atoms with van der Waals surface area (Å²) >= 11 is 1.05. The Morgan fingerprint density at radius 3 is 2.56 bits per heavy atom. The molecule has 1 aliphatic rings. The number of rotatable bonds is 9. The molecule has 1 N–H and O–H groups in total. The van der Waals surface area contributed by atoms with Gasteiger partial charge in [-0.05, 0) is 43.0 Å². The SMILES string of the molecule is CN(CCCCOc1ccc(CC2SC(=O)NC2=O)cc1)c1ncccn1. The monoisotopic (exact) mass is 386 g/mol. The molecule has 2 heterocycles. The van der Waals surface area contributed by atoms with E-state index in [1.807, 2.05) is 36.2 Å². The average molecular weight is 386 g/mol. The van der Waals surface area contributed by atoms with Crippen molar-refractivity contribution in [3.05, 3.63) is 48.3 Å². The molecule has 0 saturated carbocycles. The molecule has 1 aromatic heterocycles. The van der Waals surface area contributed by atoms with E-state index >= 15 is 0 Å². The van der Waals surface area contributed by atoms with Crippen molar-refractivity contribution in [1.29, 1.82) is 0 Å². The summed E-state index contributed by atoms with van der Waals surface area (Å²) in [7, 11) is 1.98. The Morgan fingerprint density at radius 1 is 1.15 bits per heavy atom. The van der Waals surface area contributed by atoms with Crippen LogP contribution in [0, 0.1) is 0 Å². The molecular weight excluding hydrogens is 364 g/mol. The van der Waals surface area contributed by atoms with Crippen LogP contribution in [0.1, 0.15) is 18.4 Å².